The molecule has 1 aliphatic heterocycles. The number of hydrogen-bond acceptors (Lipinski definition) is 6. The van der Waals surface area contributed by atoms with E-state index < -0.39 is 6.10 Å². The van der Waals surface area contributed by atoms with Gasteiger partial charge in [0.05, 0.1) is 23.9 Å². The van der Waals surface area contributed by atoms with Crippen molar-refractivity contribution in [3.63, 3.8) is 0 Å². The molecule has 1 aromatic rings. The number of rotatable bonds is 4. The van der Waals surface area contributed by atoms with Crippen LogP contribution in [0.4, 0.5) is 5.82 Å². The first-order chi connectivity index (χ1) is 9.55. The molecule has 110 valence electrons. The molecule has 2 rings (SSSR count). The maximum Gasteiger partial charge on any atom is 0.318 e. The highest BCUT2D eigenvalue weighted by Gasteiger charge is 2.34. The van der Waals surface area contributed by atoms with Crippen LogP contribution in [-0.2, 0) is 4.79 Å². The molecular weight excluding hydrogens is 328 g/mol. The van der Waals surface area contributed by atoms with Crippen LogP contribution in [0.2, 0.25) is 0 Å². The Kier molecular flexibility index (Phi) is 4.77. The van der Waals surface area contributed by atoms with E-state index in [1.165, 1.54) is 7.11 Å². The van der Waals surface area contributed by atoms with E-state index in [9.17, 15) is 9.90 Å². The fraction of sp³-hybridized carbons (Fsp3) is 0.583. The molecule has 1 saturated heterocycles. The van der Waals surface area contributed by atoms with Gasteiger partial charge in [0.2, 0.25) is 5.91 Å². The van der Waals surface area contributed by atoms with Gasteiger partial charge in [0, 0.05) is 32.5 Å². The molecule has 2 heterocycles. The monoisotopic (exact) mass is 344 g/mol. The van der Waals surface area contributed by atoms with Gasteiger partial charge in [-0.05, 0) is 15.9 Å². The molecule has 1 aliphatic rings. The number of halogens is 1. The Hall–Kier alpha value is -1.41. The van der Waals surface area contributed by atoms with E-state index in [4.69, 9.17) is 4.74 Å². The molecule has 0 aliphatic carbocycles. The van der Waals surface area contributed by atoms with Gasteiger partial charge in [0.15, 0.2) is 0 Å². The fourth-order valence-corrected chi connectivity index (χ4v) is 2.67. The second-order valence-electron chi connectivity index (χ2n) is 4.64. The van der Waals surface area contributed by atoms with Gasteiger partial charge < -0.3 is 20.1 Å². The van der Waals surface area contributed by atoms with Crippen molar-refractivity contribution in [3.05, 3.63) is 10.7 Å². The lowest BCUT2D eigenvalue weighted by atomic mass is 10.0. The van der Waals surface area contributed by atoms with Gasteiger partial charge in [-0.15, -0.1) is 0 Å². The molecule has 1 fully saturated rings. The van der Waals surface area contributed by atoms with Crippen LogP contribution < -0.4 is 15.0 Å². The number of anilines is 1. The van der Waals surface area contributed by atoms with Crippen LogP contribution in [0.25, 0.3) is 0 Å². The molecule has 2 N–H and O–H groups in total. The van der Waals surface area contributed by atoms with Crippen molar-refractivity contribution >= 4 is 27.7 Å². The van der Waals surface area contributed by atoms with E-state index in [2.05, 4.69) is 31.2 Å². The number of amides is 1. The Labute approximate surface area is 125 Å². The van der Waals surface area contributed by atoms with Crippen LogP contribution >= 0.6 is 15.9 Å². The first-order valence-electron chi connectivity index (χ1n) is 6.25. The summed E-state index contributed by atoms with van der Waals surface area (Å²) in [6.45, 7) is 0.994. The number of nitrogens with zero attached hydrogens (tertiary/aromatic N) is 3. The van der Waals surface area contributed by atoms with Crippen LogP contribution in [0.3, 0.4) is 0 Å². The Balaban J connectivity index is 2.13. The van der Waals surface area contributed by atoms with E-state index in [1.54, 1.807) is 13.2 Å². The molecule has 1 amide bonds. The van der Waals surface area contributed by atoms with Gasteiger partial charge in [0.25, 0.3) is 0 Å². The summed E-state index contributed by atoms with van der Waals surface area (Å²) in [6.07, 6.45) is 1.35. The number of carbonyl (C=O) groups is 1. The van der Waals surface area contributed by atoms with E-state index in [0.717, 1.165) is 4.47 Å². The number of aromatic nitrogens is 2. The minimum atomic E-state index is -0.555. The normalized spacial score (nSPS) is 21.9. The maximum absolute atomic E-state index is 11.4. The van der Waals surface area contributed by atoms with Crippen molar-refractivity contribution in [1.82, 2.24) is 15.3 Å². The summed E-state index contributed by atoms with van der Waals surface area (Å²) in [7, 11) is 3.09. The summed E-state index contributed by atoms with van der Waals surface area (Å²) in [6, 6.07) is 0.271. The van der Waals surface area contributed by atoms with Crippen LogP contribution in [0.5, 0.6) is 6.01 Å². The molecule has 0 radical (unpaired) electrons. The molecule has 0 bridgehead atoms. The Morgan fingerprint density at radius 3 is 3.05 bits per heavy atom. The molecule has 8 heteroatoms. The first kappa shape index (κ1) is 15.0. The highest BCUT2D eigenvalue weighted by molar-refractivity contribution is 9.10. The average Bonchev–Trinajstić information content (AvgIpc) is 2.80. The highest BCUT2D eigenvalue weighted by Crippen LogP contribution is 2.30. The zero-order valence-corrected chi connectivity index (χ0v) is 12.9. The molecule has 0 unspecified atom stereocenters. The molecular formula is C12H17BrN4O3. The number of aliphatic hydroxyl groups excluding tert-OH is 1. The van der Waals surface area contributed by atoms with E-state index >= 15 is 0 Å². The highest BCUT2D eigenvalue weighted by atomic mass is 79.9. The largest absolute Gasteiger partial charge is 0.467 e. The van der Waals surface area contributed by atoms with Crippen LogP contribution in [-0.4, -0.2) is 54.3 Å². The zero-order chi connectivity index (χ0) is 14.7. The minimum Gasteiger partial charge on any atom is -0.467 e. The van der Waals surface area contributed by atoms with Crippen molar-refractivity contribution < 1.29 is 14.6 Å². The third-order valence-electron chi connectivity index (χ3n) is 3.32. The predicted octanol–water partition coefficient (Wildman–Crippen LogP) is 0.181. The quantitative estimate of drug-likeness (QED) is 0.810. The molecule has 7 nitrogen and oxygen atoms in total. The Morgan fingerprint density at radius 2 is 2.40 bits per heavy atom. The fourth-order valence-electron chi connectivity index (χ4n) is 2.23. The Bertz CT molecular complexity index is 500. The number of aliphatic hydroxyl groups is 1. The minimum absolute atomic E-state index is 0.0739. The van der Waals surface area contributed by atoms with Gasteiger partial charge in [0.1, 0.15) is 5.82 Å². The molecule has 0 spiro atoms. The molecule has 0 saturated carbocycles. The maximum atomic E-state index is 11.4. The lowest BCUT2D eigenvalue weighted by molar-refractivity contribution is -0.122. The summed E-state index contributed by atoms with van der Waals surface area (Å²) in [4.78, 5) is 21.6. The smallest absolute Gasteiger partial charge is 0.318 e. The zero-order valence-electron chi connectivity index (χ0n) is 11.3. The summed E-state index contributed by atoms with van der Waals surface area (Å²) >= 11 is 3.39. The van der Waals surface area contributed by atoms with Crippen LogP contribution in [0.1, 0.15) is 6.42 Å². The summed E-state index contributed by atoms with van der Waals surface area (Å²) in [5.74, 6) is 0.480. The first-order valence-corrected chi connectivity index (χ1v) is 7.04. The SMILES string of the molecule is CNC(=O)C[C@@H]1CN(c2nc(OC)ncc2Br)C[C@H]1O. The third kappa shape index (κ3) is 3.18. The van der Waals surface area contributed by atoms with E-state index in [1.807, 2.05) is 4.90 Å². The second kappa shape index (κ2) is 6.36. The van der Waals surface area contributed by atoms with Crippen LogP contribution in [0, 0.1) is 5.92 Å². The number of ether oxygens (including phenoxy) is 1. The van der Waals surface area contributed by atoms with Gasteiger partial charge in [-0.3, -0.25) is 4.79 Å². The number of methoxy groups -OCH3 is 1. The number of carbonyl (C=O) groups excluding carboxylic acids is 1. The van der Waals surface area contributed by atoms with E-state index in [-0.39, 0.29) is 17.8 Å². The Morgan fingerprint density at radius 1 is 1.65 bits per heavy atom. The lowest BCUT2D eigenvalue weighted by Crippen LogP contribution is -2.27. The third-order valence-corrected chi connectivity index (χ3v) is 3.88. The van der Waals surface area contributed by atoms with Crippen molar-refractivity contribution in [2.45, 2.75) is 12.5 Å². The molecule has 0 aromatic carbocycles. The van der Waals surface area contributed by atoms with Crippen molar-refractivity contribution in [2.75, 3.05) is 32.1 Å². The van der Waals surface area contributed by atoms with Gasteiger partial charge >= 0.3 is 6.01 Å². The van der Waals surface area contributed by atoms with Gasteiger partial charge in [-0.2, -0.15) is 4.98 Å². The predicted molar refractivity (Wildman–Crippen MR) is 76.7 cm³/mol. The van der Waals surface area contributed by atoms with Crippen molar-refractivity contribution in [3.8, 4) is 6.01 Å². The standard InChI is InChI=1S/C12H17BrN4O3/c1-14-10(19)3-7-5-17(6-9(7)18)11-8(13)4-15-12(16-11)20-2/h4,7,9,18H,3,5-6H2,1-2H3,(H,14,19)/t7-,9-/m1/s1. The summed E-state index contributed by atoms with van der Waals surface area (Å²) in [5.41, 5.74) is 0. The molecule has 1 aromatic heterocycles. The number of nitrogens with one attached hydrogen (secondary N) is 1. The number of hydrogen-bond donors (Lipinski definition) is 2. The van der Waals surface area contributed by atoms with Gasteiger partial charge in [-0.25, -0.2) is 4.98 Å². The van der Waals surface area contributed by atoms with Crippen molar-refractivity contribution in [1.29, 1.82) is 0 Å². The second-order valence-corrected chi connectivity index (χ2v) is 5.49. The summed E-state index contributed by atoms with van der Waals surface area (Å²) < 4.78 is 5.74. The van der Waals surface area contributed by atoms with Crippen molar-refractivity contribution in [2.24, 2.45) is 5.92 Å². The molecule has 2 atom stereocenters. The molecule has 20 heavy (non-hydrogen) atoms. The number of β-amino-alcohol motifs (C(OH)–C–C–N with tert-alkyl or cyclic N) is 1. The average molecular weight is 345 g/mol. The van der Waals surface area contributed by atoms with Crippen LogP contribution in [0.15, 0.2) is 10.7 Å². The summed E-state index contributed by atoms with van der Waals surface area (Å²) in [5, 5.41) is 12.6. The lowest BCUT2D eigenvalue weighted by Gasteiger charge is -2.18. The van der Waals surface area contributed by atoms with E-state index in [0.29, 0.717) is 25.3 Å². The topological polar surface area (TPSA) is 87.6 Å². The van der Waals surface area contributed by atoms with Gasteiger partial charge in [-0.1, -0.05) is 0 Å².